The first-order valence-corrected chi connectivity index (χ1v) is 4.23. The lowest BCUT2D eigenvalue weighted by Crippen LogP contribution is -2.07. The number of aliphatic carboxylic acids is 1. The molecule has 0 heterocycles. The van der Waals surface area contributed by atoms with Crippen LogP contribution in [0.25, 0.3) is 0 Å². The number of esters is 1. The highest BCUT2D eigenvalue weighted by Gasteiger charge is 2.42. The highest BCUT2D eigenvalue weighted by atomic mass is 16.5. The van der Waals surface area contributed by atoms with Crippen LogP contribution >= 0.6 is 0 Å². The summed E-state index contributed by atoms with van der Waals surface area (Å²) in [6, 6.07) is 0. The van der Waals surface area contributed by atoms with Crippen LogP contribution in [-0.2, 0) is 14.3 Å². The van der Waals surface area contributed by atoms with Crippen molar-refractivity contribution in [3.63, 3.8) is 0 Å². The van der Waals surface area contributed by atoms with Gasteiger partial charge in [0, 0.05) is 6.08 Å². The first-order valence-electron chi connectivity index (χ1n) is 4.23. The number of carboxylic acids is 1. The molecule has 2 unspecified atom stereocenters. The van der Waals surface area contributed by atoms with Crippen molar-refractivity contribution in [1.82, 2.24) is 0 Å². The zero-order valence-corrected chi connectivity index (χ0v) is 7.40. The Hall–Kier alpha value is -1.32. The molecule has 0 radical (unpaired) electrons. The normalized spacial score (nSPS) is 25.9. The first kappa shape index (κ1) is 9.77. The highest BCUT2D eigenvalue weighted by molar-refractivity contribution is 5.81. The Morgan fingerprint density at radius 3 is 2.85 bits per heavy atom. The average molecular weight is 184 g/mol. The number of carbonyl (C=O) groups is 2. The van der Waals surface area contributed by atoms with Crippen LogP contribution in [-0.4, -0.2) is 23.7 Å². The molecular formula is C9H12O4. The fourth-order valence-electron chi connectivity index (χ4n) is 1.15. The van der Waals surface area contributed by atoms with E-state index in [1.54, 1.807) is 13.0 Å². The maximum atomic E-state index is 11.1. The molecule has 0 spiro atoms. The number of hydrogen-bond acceptors (Lipinski definition) is 3. The quantitative estimate of drug-likeness (QED) is 0.519. The minimum atomic E-state index is -0.977. The molecule has 0 bridgehead atoms. The molecule has 0 aliphatic heterocycles. The summed E-state index contributed by atoms with van der Waals surface area (Å²) < 4.78 is 4.78. The van der Waals surface area contributed by atoms with Gasteiger partial charge in [-0.05, 0) is 19.3 Å². The smallest absolute Gasteiger partial charge is 0.327 e. The summed E-state index contributed by atoms with van der Waals surface area (Å²) in [5, 5.41) is 8.32. The third-order valence-electron chi connectivity index (χ3n) is 1.92. The molecule has 4 nitrogen and oxygen atoms in total. The van der Waals surface area contributed by atoms with Gasteiger partial charge in [-0.3, -0.25) is 4.79 Å². The number of carboxylic acid groups (broad SMARTS) is 1. The number of hydrogen-bond donors (Lipinski definition) is 1. The van der Waals surface area contributed by atoms with Crippen LogP contribution in [0.1, 0.15) is 13.3 Å². The van der Waals surface area contributed by atoms with Crippen molar-refractivity contribution >= 4 is 11.9 Å². The standard InChI is InChI=1S/C9H12O4/c1-2-13-9(12)7-5-6(7)3-4-8(10)11/h3-4,6-7H,2,5H2,1H3,(H,10,11)/b4-3+. The minimum absolute atomic E-state index is 0.0650. The maximum absolute atomic E-state index is 11.1. The Morgan fingerprint density at radius 1 is 1.62 bits per heavy atom. The molecule has 1 aliphatic rings. The lowest BCUT2D eigenvalue weighted by molar-refractivity contribution is -0.145. The van der Waals surface area contributed by atoms with Crippen molar-refractivity contribution < 1.29 is 19.4 Å². The predicted octanol–water partition coefficient (Wildman–Crippen LogP) is 0.826. The van der Waals surface area contributed by atoms with Gasteiger partial charge < -0.3 is 9.84 Å². The van der Waals surface area contributed by atoms with E-state index < -0.39 is 5.97 Å². The molecule has 0 aromatic heterocycles. The van der Waals surface area contributed by atoms with Gasteiger partial charge in [-0.2, -0.15) is 0 Å². The van der Waals surface area contributed by atoms with Crippen LogP contribution in [0.5, 0.6) is 0 Å². The molecular weight excluding hydrogens is 172 g/mol. The van der Waals surface area contributed by atoms with Gasteiger partial charge in [-0.1, -0.05) is 6.08 Å². The highest BCUT2D eigenvalue weighted by Crippen LogP contribution is 2.40. The third kappa shape index (κ3) is 2.89. The van der Waals surface area contributed by atoms with Crippen molar-refractivity contribution in [1.29, 1.82) is 0 Å². The number of allylic oxidation sites excluding steroid dienone is 1. The van der Waals surface area contributed by atoms with Crippen LogP contribution in [0, 0.1) is 11.8 Å². The molecule has 1 saturated carbocycles. The molecule has 4 heteroatoms. The molecule has 0 saturated heterocycles. The molecule has 0 amide bonds. The summed E-state index contributed by atoms with van der Waals surface area (Å²) in [5.74, 6) is -1.25. The van der Waals surface area contributed by atoms with E-state index in [0.717, 1.165) is 6.08 Å². The van der Waals surface area contributed by atoms with E-state index in [-0.39, 0.29) is 17.8 Å². The summed E-state index contributed by atoms with van der Waals surface area (Å²) >= 11 is 0. The van der Waals surface area contributed by atoms with Gasteiger partial charge in [-0.25, -0.2) is 4.79 Å². The Balaban J connectivity index is 2.30. The van der Waals surface area contributed by atoms with E-state index in [1.807, 2.05) is 0 Å². The van der Waals surface area contributed by atoms with Gasteiger partial charge in [0.1, 0.15) is 0 Å². The largest absolute Gasteiger partial charge is 0.478 e. The topological polar surface area (TPSA) is 63.6 Å². The Kier molecular flexibility index (Phi) is 3.06. The zero-order chi connectivity index (χ0) is 9.84. The van der Waals surface area contributed by atoms with E-state index in [1.165, 1.54) is 0 Å². The van der Waals surface area contributed by atoms with Crippen molar-refractivity contribution in [2.75, 3.05) is 6.61 Å². The van der Waals surface area contributed by atoms with Gasteiger partial charge in [0.25, 0.3) is 0 Å². The average Bonchev–Trinajstić information content (AvgIpc) is 2.80. The molecule has 1 rings (SSSR count). The lowest BCUT2D eigenvalue weighted by Gasteiger charge is -1.97. The van der Waals surface area contributed by atoms with E-state index in [2.05, 4.69) is 0 Å². The molecule has 1 aliphatic carbocycles. The van der Waals surface area contributed by atoms with Crippen molar-refractivity contribution in [2.45, 2.75) is 13.3 Å². The second-order valence-corrected chi connectivity index (χ2v) is 2.96. The summed E-state index contributed by atoms with van der Waals surface area (Å²) in [7, 11) is 0. The fourth-order valence-corrected chi connectivity index (χ4v) is 1.15. The molecule has 2 atom stereocenters. The van der Waals surface area contributed by atoms with Crippen LogP contribution < -0.4 is 0 Å². The molecule has 0 aromatic carbocycles. The monoisotopic (exact) mass is 184 g/mol. The molecule has 0 aromatic rings. The van der Waals surface area contributed by atoms with Gasteiger partial charge in [0.15, 0.2) is 0 Å². The maximum Gasteiger partial charge on any atom is 0.327 e. The second kappa shape index (κ2) is 4.07. The molecule has 13 heavy (non-hydrogen) atoms. The van der Waals surface area contributed by atoms with Gasteiger partial charge in [0.2, 0.25) is 0 Å². The summed E-state index contributed by atoms with van der Waals surface area (Å²) in [4.78, 5) is 21.2. The van der Waals surface area contributed by atoms with Crippen molar-refractivity contribution in [2.24, 2.45) is 11.8 Å². The second-order valence-electron chi connectivity index (χ2n) is 2.96. The minimum Gasteiger partial charge on any atom is -0.478 e. The first-order chi connectivity index (χ1) is 6.15. The fraction of sp³-hybridized carbons (Fsp3) is 0.556. The van der Waals surface area contributed by atoms with Gasteiger partial charge in [0.05, 0.1) is 12.5 Å². The van der Waals surface area contributed by atoms with Gasteiger partial charge >= 0.3 is 11.9 Å². The number of carbonyl (C=O) groups excluding carboxylic acids is 1. The number of rotatable bonds is 4. The van der Waals surface area contributed by atoms with Gasteiger partial charge in [-0.15, -0.1) is 0 Å². The predicted molar refractivity (Wildman–Crippen MR) is 45.0 cm³/mol. The molecule has 72 valence electrons. The molecule has 1 fully saturated rings. The van der Waals surface area contributed by atoms with Crippen molar-refractivity contribution in [3.8, 4) is 0 Å². The Bertz CT molecular complexity index is 244. The third-order valence-corrected chi connectivity index (χ3v) is 1.92. The summed E-state index contributed by atoms with van der Waals surface area (Å²) in [6.07, 6.45) is 3.33. The SMILES string of the molecule is CCOC(=O)C1CC1/C=C/C(=O)O. The van der Waals surface area contributed by atoms with Crippen LogP contribution in [0.2, 0.25) is 0 Å². The van der Waals surface area contributed by atoms with Crippen molar-refractivity contribution in [3.05, 3.63) is 12.2 Å². The Morgan fingerprint density at radius 2 is 2.31 bits per heavy atom. The zero-order valence-electron chi connectivity index (χ0n) is 7.40. The summed E-state index contributed by atoms with van der Waals surface area (Å²) in [6.45, 7) is 2.13. The van der Waals surface area contributed by atoms with Crippen LogP contribution in [0.15, 0.2) is 12.2 Å². The van der Waals surface area contributed by atoms with Crippen LogP contribution in [0.4, 0.5) is 0 Å². The van der Waals surface area contributed by atoms with E-state index in [9.17, 15) is 9.59 Å². The molecule has 1 N–H and O–H groups in total. The Labute approximate surface area is 76.2 Å². The van der Waals surface area contributed by atoms with E-state index in [0.29, 0.717) is 13.0 Å². The van der Waals surface area contributed by atoms with Crippen LogP contribution in [0.3, 0.4) is 0 Å². The van der Waals surface area contributed by atoms with E-state index >= 15 is 0 Å². The number of ether oxygens (including phenoxy) is 1. The lowest BCUT2D eigenvalue weighted by atomic mass is 10.3. The summed E-state index contributed by atoms with van der Waals surface area (Å²) in [5.41, 5.74) is 0. The van der Waals surface area contributed by atoms with E-state index in [4.69, 9.17) is 9.84 Å².